The summed E-state index contributed by atoms with van der Waals surface area (Å²) in [7, 11) is 5.80. The molecule has 0 atom stereocenters. The van der Waals surface area contributed by atoms with Gasteiger partial charge in [0.15, 0.2) is 5.43 Å². The second-order valence-corrected chi connectivity index (χ2v) is 7.55. The highest BCUT2D eigenvalue weighted by Gasteiger charge is 2.12. The average Bonchev–Trinajstić information content (AvgIpc) is 2.90. The van der Waals surface area contributed by atoms with E-state index in [1.807, 2.05) is 32.0 Å². The van der Waals surface area contributed by atoms with Crippen molar-refractivity contribution in [3.8, 4) is 11.5 Å². The molecule has 0 aliphatic carbocycles. The molecule has 0 amide bonds. The molecule has 11 nitrogen and oxygen atoms in total. The van der Waals surface area contributed by atoms with Gasteiger partial charge < -0.3 is 29.2 Å². The predicted octanol–water partition coefficient (Wildman–Crippen LogP) is 4.81. The number of carbonyl (C=O) groups excluding carboxylic acids is 4. The fraction of sp³-hybridized carbons (Fsp3) is 0.310. The van der Waals surface area contributed by atoms with Crippen molar-refractivity contribution in [1.82, 2.24) is 4.98 Å². The summed E-state index contributed by atoms with van der Waals surface area (Å²) in [6.07, 6.45) is 1.65. The maximum Gasteiger partial charge on any atom is 0.373 e. The molecule has 0 unspecified atom stereocenters. The number of carbonyl (C=O) groups is 2. The molecule has 0 radical (unpaired) electrons. The lowest BCUT2D eigenvalue weighted by atomic mass is 10.1. The molecule has 0 aliphatic heterocycles. The van der Waals surface area contributed by atoms with Gasteiger partial charge in [-0.2, -0.15) is 9.59 Å². The van der Waals surface area contributed by atoms with Gasteiger partial charge in [0, 0.05) is 40.0 Å². The van der Waals surface area contributed by atoms with Crippen LogP contribution in [0.5, 0.6) is 11.5 Å². The number of H-pyrrole nitrogens is 1. The minimum atomic E-state index is -0.573. The summed E-state index contributed by atoms with van der Waals surface area (Å²) in [5.74, 6) is 0.507. The van der Waals surface area contributed by atoms with Gasteiger partial charge in [-0.15, -0.1) is 0 Å². The molecule has 0 saturated carbocycles. The Kier molecular flexibility index (Phi) is 17.1. The number of benzene rings is 2. The minimum absolute atomic E-state index is 0. The first-order chi connectivity index (χ1) is 18.1. The van der Waals surface area contributed by atoms with Crippen molar-refractivity contribution in [3.63, 3.8) is 0 Å². The van der Waals surface area contributed by atoms with Crippen molar-refractivity contribution in [2.45, 2.75) is 35.6 Å². The maximum absolute atomic E-state index is 11.9. The van der Waals surface area contributed by atoms with Crippen LogP contribution in [0.15, 0.2) is 53.0 Å². The Morgan fingerprint density at radius 3 is 2.00 bits per heavy atom. The van der Waals surface area contributed by atoms with E-state index in [9.17, 15) is 14.4 Å². The molecule has 0 saturated heterocycles. The SMILES string of the molecule is C.C.COC(=O)/C=C(\C)Nc1cccc(OC)c1C.COC(=O)c1cc(=O)c2ccc(OC)c(C)c2[nH]1.O=C=O. The van der Waals surface area contributed by atoms with Crippen LogP contribution >= 0.6 is 0 Å². The van der Waals surface area contributed by atoms with Crippen molar-refractivity contribution >= 4 is 34.7 Å². The van der Waals surface area contributed by atoms with Gasteiger partial charge >= 0.3 is 18.1 Å². The highest BCUT2D eigenvalue weighted by molar-refractivity contribution is 5.92. The van der Waals surface area contributed by atoms with Crippen molar-refractivity contribution in [2.75, 3.05) is 33.8 Å². The molecule has 0 aliphatic rings. The van der Waals surface area contributed by atoms with E-state index in [1.54, 1.807) is 33.3 Å². The molecular formula is C29H38N2O9. The molecule has 1 aromatic heterocycles. The Balaban J connectivity index is 0. The zero-order valence-corrected chi connectivity index (χ0v) is 22.2. The highest BCUT2D eigenvalue weighted by Crippen LogP contribution is 2.26. The largest absolute Gasteiger partial charge is 0.496 e. The first-order valence-corrected chi connectivity index (χ1v) is 11.0. The number of fused-ring (bicyclic) bond motifs is 1. The molecule has 3 rings (SSSR count). The lowest BCUT2D eigenvalue weighted by Crippen LogP contribution is -2.12. The molecule has 2 N–H and O–H groups in total. The molecule has 1 heterocycles. The van der Waals surface area contributed by atoms with Gasteiger partial charge in [0.2, 0.25) is 0 Å². The van der Waals surface area contributed by atoms with Crippen LogP contribution in [0.1, 0.15) is 43.4 Å². The summed E-state index contributed by atoms with van der Waals surface area (Å²) >= 11 is 0. The fourth-order valence-electron chi connectivity index (χ4n) is 3.33. The zero-order chi connectivity index (χ0) is 28.8. The van der Waals surface area contributed by atoms with Gasteiger partial charge in [0.05, 0.1) is 34.0 Å². The number of anilines is 1. The quantitative estimate of drug-likeness (QED) is 0.319. The summed E-state index contributed by atoms with van der Waals surface area (Å²) in [6.45, 7) is 5.57. The summed E-state index contributed by atoms with van der Waals surface area (Å²) < 4.78 is 19.5. The van der Waals surface area contributed by atoms with Crippen molar-refractivity contribution < 1.29 is 38.1 Å². The van der Waals surface area contributed by atoms with Gasteiger partial charge in [-0.1, -0.05) is 20.9 Å². The van der Waals surface area contributed by atoms with Crippen LogP contribution in [-0.4, -0.2) is 51.5 Å². The zero-order valence-electron chi connectivity index (χ0n) is 22.2. The van der Waals surface area contributed by atoms with E-state index in [2.05, 4.69) is 19.8 Å². The first-order valence-electron chi connectivity index (χ1n) is 11.0. The van der Waals surface area contributed by atoms with Crippen molar-refractivity contribution in [3.05, 3.63) is 75.2 Å². The molecule has 3 aromatic rings. The van der Waals surface area contributed by atoms with Crippen LogP contribution in [0.4, 0.5) is 5.69 Å². The topological polar surface area (TPSA) is 150 Å². The second kappa shape index (κ2) is 18.4. The van der Waals surface area contributed by atoms with Gasteiger partial charge in [-0.05, 0) is 45.0 Å². The number of aryl methyl sites for hydroxylation is 1. The number of aromatic amines is 1. The predicted molar refractivity (Wildman–Crippen MR) is 153 cm³/mol. The third-order valence-corrected chi connectivity index (χ3v) is 5.21. The van der Waals surface area contributed by atoms with E-state index >= 15 is 0 Å². The molecule has 2 aromatic carbocycles. The molecule has 0 fully saturated rings. The summed E-state index contributed by atoms with van der Waals surface area (Å²) in [6, 6.07) is 10.3. The van der Waals surface area contributed by atoms with E-state index < -0.39 is 5.97 Å². The van der Waals surface area contributed by atoms with E-state index in [0.29, 0.717) is 22.3 Å². The molecule has 40 heavy (non-hydrogen) atoms. The van der Waals surface area contributed by atoms with Crippen LogP contribution in [-0.2, 0) is 23.9 Å². The number of pyridine rings is 1. The van der Waals surface area contributed by atoms with Crippen LogP contribution in [0.2, 0.25) is 0 Å². The van der Waals surface area contributed by atoms with E-state index in [1.165, 1.54) is 26.4 Å². The van der Waals surface area contributed by atoms with Crippen molar-refractivity contribution in [2.24, 2.45) is 0 Å². The number of hydrogen-bond donors (Lipinski definition) is 2. The number of esters is 2. The Bertz CT molecular complexity index is 1400. The third kappa shape index (κ3) is 10.1. The Morgan fingerprint density at radius 2 is 1.48 bits per heavy atom. The smallest absolute Gasteiger partial charge is 0.373 e. The number of ether oxygens (including phenoxy) is 4. The molecule has 218 valence electrons. The summed E-state index contributed by atoms with van der Waals surface area (Å²) in [5.41, 5.74) is 3.88. The number of nitrogens with one attached hydrogen (secondary N) is 2. The standard InChI is InChI=1S/C13H13NO4.C13H17NO3.CO2.2CH4/c1-7-11(17-2)5-4-8-10(15)6-9(13(16)18-3)14-12(7)8;1-9(8-13(15)17-4)14-11-6-5-7-12(16-3)10(11)2;2-1-3;;/h4-6H,1-3H3,(H,14,15);5-8,14H,1-4H3;;2*1H4/b;9-8+;;;. The molecule has 11 heteroatoms. The number of aromatic nitrogens is 1. The van der Waals surface area contributed by atoms with Crippen LogP contribution < -0.4 is 20.2 Å². The number of allylic oxidation sites excluding steroid dienone is 1. The second-order valence-electron chi connectivity index (χ2n) is 7.55. The summed E-state index contributed by atoms with van der Waals surface area (Å²) in [5, 5.41) is 3.65. The number of rotatable bonds is 6. The number of methoxy groups -OCH3 is 4. The van der Waals surface area contributed by atoms with Crippen LogP contribution in [0.25, 0.3) is 10.9 Å². The minimum Gasteiger partial charge on any atom is -0.496 e. The highest BCUT2D eigenvalue weighted by atomic mass is 16.5. The van der Waals surface area contributed by atoms with E-state index in [0.717, 1.165) is 22.6 Å². The Morgan fingerprint density at radius 1 is 0.900 bits per heavy atom. The monoisotopic (exact) mass is 558 g/mol. The van der Waals surface area contributed by atoms with Crippen molar-refractivity contribution in [1.29, 1.82) is 0 Å². The molecule has 0 bridgehead atoms. The lowest BCUT2D eigenvalue weighted by molar-refractivity contribution is -0.191. The lowest BCUT2D eigenvalue weighted by Gasteiger charge is -2.12. The number of hydrogen-bond acceptors (Lipinski definition) is 10. The van der Waals surface area contributed by atoms with Gasteiger partial charge in [0.1, 0.15) is 17.2 Å². The van der Waals surface area contributed by atoms with Crippen LogP contribution in [0.3, 0.4) is 0 Å². The molecular weight excluding hydrogens is 520 g/mol. The van der Waals surface area contributed by atoms with Gasteiger partial charge in [-0.25, -0.2) is 9.59 Å². The fourth-order valence-corrected chi connectivity index (χ4v) is 3.33. The van der Waals surface area contributed by atoms with Gasteiger partial charge in [0.25, 0.3) is 0 Å². The van der Waals surface area contributed by atoms with E-state index in [4.69, 9.17) is 19.1 Å². The third-order valence-electron chi connectivity index (χ3n) is 5.21. The maximum atomic E-state index is 11.9. The normalized spacial score (nSPS) is 9.53. The molecule has 0 spiro atoms. The van der Waals surface area contributed by atoms with Gasteiger partial charge in [-0.3, -0.25) is 4.79 Å². The summed E-state index contributed by atoms with van der Waals surface area (Å²) in [4.78, 5) is 53.6. The average molecular weight is 559 g/mol. The van der Waals surface area contributed by atoms with E-state index in [-0.39, 0.29) is 38.1 Å². The Hall–Kier alpha value is -4.89. The van der Waals surface area contributed by atoms with Crippen LogP contribution in [0, 0.1) is 13.8 Å². The Labute approximate surface area is 234 Å². The first kappa shape index (κ1) is 37.3.